The highest BCUT2D eigenvalue weighted by Gasteiger charge is 2.18. The number of urea groups is 1. The number of nitrogens with zero attached hydrogens (tertiary/aromatic N) is 5. The van der Waals surface area contributed by atoms with E-state index in [1.165, 1.54) is 17.6 Å². The van der Waals surface area contributed by atoms with Crippen LogP contribution >= 0.6 is 0 Å². The molecule has 3 N–H and O–H groups in total. The number of hydrogen-bond acceptors (Lipinski definition) is 5. The van der Waals surface area contributed by atoms with Crippen molar-refractivity contribution in [3.63, 3.8) is 0 Å². The van der Waals surface area contributed by atoms with E-state index >= 15 is 0 Å². The third-order valence-corrected chi connectivity index (χ3v) is 4.82. The zero-order valence-corrected chi connectivity index (χ0v) is 14.7. The summed E-state index contributed by atoms with van der Waals surface area (Å²) < 4.78 is 1.56. The lowest BCUT2D eigenvalue weighted by molar-refractivity contribution is 0.251. The number of amides is 2. The number of fused-ring (bicyclic) bond motifs is 1. The Morgan fingerprint density at radius 3 is 3.00 bits per heavy atom. The van der Waals surface area contributed by atoms with Crippen LogP contribution in [0.1, 0.15) is 34.5 Å². The minimum Gasteiger partial charge on any atom is -0.332 e. The smallest absolute Gasteiger partial charge is 0.319 e. The number of anilines is 1. The Balaban J connectivity index is 1.47. The number of carbonyl (C=O) groups excluding carboxylic acids is 1. The van der Waals surface area contributed by atoms with E-state index in [-0.39, 0.29) is 6.03 Å². The Hall–Kier alpha value is -3.23. The summed E-state index contributed by atoms with van der Waals surface area (Å²) in [5, 5.41) is 24.4. The number of aromatic amines is 1. The molecule has 9 nitrogen and oxygen atoms in total. The molecule has 0 fully saturated rings. The predicted molar refractivity (Wildman–Crippen MR) is 95.1 cm³/mol. The highest BCUT2D eigenvalue weighted by atomic mass is 16.2. The SMILES string of the molecule is Cc1cc(-n2cnnn2)cc(NC(=O)NCc2n[nH]c3c2CCC3)c1C. The van der Waals surface area contributed by atoms with Crippen molar-refractivity contribution in [3.8, 4) is 5.69 Å². The van der Waals surface area contributed by atoms with Gasteiger partial charge in [0.25, 0.3) is 0 Å². The molecule has 0 atom stereocenters. The Labute approximate surface area is 150 Å². The molecule has 1 aromatic carbocycles. The van der Waals surface area contributed by atoms with E-state index < -0.39 is 0 Å². The predicted octanol–water partition coefficient (Wildman–Crippen LogP) is 1.81. The lowest BCUT2D eigenvalue weighted by atomic mass is 10.1. The molecular formula is C17H20N8O. The molecule has 3 aromatic rings. The number of nitrogens with one attached hydrogen (secondary N) is 3. The van der Waals surface area contributed by atoms with Crippen LogP contribution in [0.25, 0.3) is 5.69 Å². The topological polar surface area (TPSA) is 113 Å². The van der Waals surface area contributed by atoms with Gasteiger partial charge in [-0.1, -0.05) is 0 Å². The molecule has 134 valence electrons. The quantitative estimate of drug-likeness (QED) is 0.663. The van der Waals surface area contributed by atoms with Crippen LogP contribution in [-0.2, 0) is 19.4 Å². The number of carbonyl (C=O) groups is 1. The minimum atomic E-state index is -0.267. The van der Waals surface area contributed by atoms with Gasteiger partial charge < -0.3 is 10.6 Å². The first-order valence-corrected chi connectivity index (χ1v) is 8.56. The van der Waals surface area contributed by atoms with Gasteiger partial charge in [-0.25, -0.2) is 9.48 Å². The molecule has 1 aliphatic rings. The monoisotopic (exact) mass is 352 g/mol. The largest absolute Gasteiger partial charge is 0.332 e. The highest BCUT2D eigenvalue weighted by molar-refractivity contribution is 5.90. The molecule has 0 saturated heterocycles. The Morgan fingerprint density at radius 2 is 2.19 bits per heavy atom. The van der Waals surface area contributed by atoms with Gasteiger partial charge in [-0.05, 0) is 72.4 Å². The maximum absolute atomic E-state index is 12.4. The number of aromatic nitrogens is 6. The number of hydrogen-bond donors (Lipinski definition) is 3. The Kier molecular flexibility index (Phi) is 4.11. The molecule has 2 heterocycles. The molecule has 2 amide bonds. The van der Waals surface area contributed by atoms with Crippen LogP contribution in [0.5, 0.6) is 0 Å². The fourth-order valence-corrected chi connectivity index (χ4v) is 3.25. The second kappa shape index (κ2) is 6.58. The number of rotatable bonds is 4. The average Bonchev–Trinajstić information content (AvgIpc) is 3.35. The molecule has 0 saturated carbocycles. The molecule has 2 aromatic heterocycles. The van der Waals surface area contributed by atoms with Gasteiger partial charge in [-0.2, -0.15) is 5.10 Å². The van der Waals surface area contributed by atoms with Gasteiger partial charge in [0.05, 0.1) is 17.9 Å². The lowest BCUT2D eigenvalue weighted by Gasteiger charge is -2.13. The van der Waals surface area contributed by atoms with Crippen molar-refractivity contribution in [2.24, 2.45) is 0 Å². The summed E-state index contributed by atoms with van der Waals surface area (Å²) >= 11 is 0. The van der Waals surface area contributed by atoms with Crippen LogP contribution in [0, 0.1) is 13.8 Å². The molecule has 26 heavy (non-hydrogen) atoms. The second-order valence-corrected chi connectivity index (χ2v) is 6.48. The van der Waals surface area contributed by atoms with Crippen LogP contribution in [0.15, 0.2) is 18.5 Å². The Morgan fingerprint density at radius 1 is 1.31 bits per heavy atom. The van der Waals surface area contributed by atoms with E-state index in [9.17, 15) is 4.79 Å². The van der Waals surface area contributed by atoms with E-state index in [0.717, 1.165) is 47.5 Å². The first-order valence-electron chi connectivity index (χ1n) is 8.56. The van der Waals surface area contributed by atoms with Crippen molar-refractivity contribution in [2.45, 2.75) is 39.7 Å². The van der Waals surface area contributed by atoms with E-state index in [4.69, 9.17) is 0 Å². The maximum Gasteiger partial charge on any atom is 0.319 e. The molecule has 1 aliphatic carbocycles. The molecule has 9 heteroatoms. The van der Waals surface area contributed by atoms with Crippen molar-refractivity contribution in [1.82, 2.24) is 35.7 Å². The van der Waals surface area contributed by atoms with E-state index in [0.29, 0.717) is 6.54 Å². The van der Waals surface area contributed by atoms with E-state index in [1.54, 1.807) is 4.68 Å². The first-order chi connectivity index (χ1) is 12.6. The maximum atomic E-state index is 12.4. The summed E-state index contributed by atoms with van der Waals surface area (Å²) in [7, 11) is 0. The van der Waals surface area contributed by atoms with Gasteiger partial charge in [-0.15, -0.1) is 5.10 Å². The second-order valence-electron chi connectivity index (χ2n) is 6.48. The fraction of sp³-hybridized carbons (Fsp3) is 0.353. The summed E-state index contributed by atoms with van der Waals surface area (Å²) in [5.74, 6) is 0. The first kappa shape index (κ1) is 16.2. The third-order valence-electron chi connectivity index (χ3n) is 4.82. The van der Waals surface area contributed by atoms with Crippen LogP contribution in [-0.4, -0.2) is 36.4 Å². The van der Waals surface area contributed by atoms with Crippen LogP contribution in [0.4, 0.5) is 10.5 Å². The van der Waals surface area contributed by atoms with Gasteiger partial charge in [0, 0.05) is 11.4 Å². The zero-order valence-electron chi connectivity index (χ0n) is 14.7. The molecular weight excluding hydrogens is 332 g/mol. The van der Waals surface area contributed by atoms with Gasteiger partial charge in [0.2, 0.25) is 0 Å². The normalized spacial score (nSPS) is 12.8. The fourth-order valence-electron chi connectivity index (χ4n) is 3.25. The molecule has 0 radical (unpaired) electrons. The van der Waals surface area contributed by atoms with E-state index in [2.05, 4.69) is 36.4 Å². The number of H-pyrrole nitrogens is 1. The summed E-state index contributed by atoms with van der Waals surface area (Å²) in [4.78, 5) is 12.4. The molecule has 0 unspecified atom stereocenters. The van der Waals surface area contributed by atoms with Crippen LogP contribution in [0.2, 0.25) is 0 Å². The molecule has 4 rings (SSSR count). The third kappa shape index (κ3) is 3.03. The van der Waals surface area contributed by atoms with Gasteiger partial charge in [-0.3, -0.25) is 5.10 Å². The summed E-state index contributed by atoms with van der Waals surface area (Å²) in [6, 6.07) is 3.56. The zero-order chi connectivity index (χ0) is 18.1. The summed E-state index contributed by atoms with van der Waals surface area (Å²) in [5.41, 5.74) is 6.92. The average molecular weight is 352 g/mol. The van der Waals surface area contributed by atoms with Crippen molar-refractivity contribution in [1.29, 1.82) is 0 Å². The number of aryl methyl sites for hydroxylation is 2. The van der Waals surface area contributed by atoms with Gasteiger partial charge >= 0.3 is 6.03 Å². The highest BCUT2D eigenvalue weighted by Crippen LogP contribution is 2.24. The van der Waals surface area contributed by atoms with Crippen LogP contribution in [0.3, 0.4) is 0 Å². The van der Waals surface area contributed by atoms with Crippen molar-refractivity contribution >= 4 is 11.7 Å². The summed E-state index contributed by atoms with van der Waals surface area (Å²) in [6.45, 7) is 4.36. The molecule has 0 bridgehead atoms. The summed E-state index contributed by atoms with van der Waals surface area (Å²) in [6.07, 6.45) is 4.73. The van der Waals surface area contributed by atoms with Gasteiger partial charge in [0.15, 0.2) is 0 Å². The lowest BCUT2D eigenvalue weighted by Crippen LogP contribution is -2.29. The van der Waals surface area contributed by atoms with E-state index in [1.807, 2.05) is 26.0 Å². The van der Waals surface area contributed by atoms with Crippen molar-refractivity contribution < 1.29 is 4.79 Å². The number of benzene rings is 1. The molecule has 0 aliphatic heterocycles. The molecule has 0 spiro atoms. The standard InChI is InChI=1S/C17H20N8O/c1-10-6-12(25-9-19-23-24-25)7-15(11(10)2)20-17(26)18-8-16-13-4-3-5-14(13)21-22-16/h6-7,9H,3-5,8H2,1-2H3,(H,21,22)(H2,18,20,26). The van der Waals surface area contributed by atoms with Crippen molar-refractivity contribution in [3.05, 3.63) is 46.5 Å². The minimum absolute atomic E-state index is 0.267. The Bertz CT molecular complexity index is 944. The number of tetrazole rings is 1. The van der Waals surface area contributed by atoms with Gasteiger partial charge in [0.1, 0.15) is 6.33 Å². The van der Waals surface area contributed by atoms with Crippen molar-refractivity contribution in [2.75, 3.05) is 5.32 Å². The van der Waals surface area contributed by atoms with Crippen LogP contribution < -0.4 is 10.6 Å².